The summed E-state index contributed by atoms with van der Waals surface area (Å²) in [5.41, 5.74) is 6.70. The molecular weight excluding hydrogens is 384 g/mol. The van der Waals surface area contributed by atoms with E-state index >= 15 is 0 Å². The monoisotopic (exact) mass is 400 g/mol. The third-order valence-corrected chi connectivity index (χ3v) is 5.36. The maximum atomic E-state index is 12.3. The van der Waals surface area contributed by atoms with Crippen molar-refractivity contribution in [3.05, 3.63) is 62.0 Å². The SMILES string of the molecule is NC(=O)NC(=O)c1c(NC(=O)/C=C\c2ccc([N+](=O)[O-])cc2)sc2c1CCC2. The van der Waals surface area contributed by atoms with Crippen LogP contribution in [-0.4, -0.2) is 22.8 Å². The number of nitrogens with one attached hydrogen (secondary N) is 2. The van der Waals surface area contributed by atoms with Gasteiger partial charge >= 0.3 is 6.03 Å². The zero-order valence-corrected chi connectivity index (χ0v) is 15.4. The minimum Gasteiger partial charge on any atom is -0.351 e. The number of hydrogen-bond acceptors (Lipinski definition) is 6. The number of urea groups is 1. The Morgan fingerprint density at radius 1 is 1.18 bits per heavy atom. The van der Waals surface area contributed by atoms with Crippen molar-refractivity contribution in [3.8, 4) is 0 Å². The molecule has 1 aromatic heterocycles. The Morgan fingerprint density at radius 3 is 2.54 bits per heavy atom. The van der Waals surface area contributed by atoms with Crippen molar-refractivity contribution in [3.63, 3.8) is 0 Å². The van der Waals surface area contributed by atoms with Crippen molar-refractivity contribution in [2.75, 3.05) is 5.32 Å². The van der Waals surface area contributed by atoms with Gasteiger partial charge in [-0.1, -0.05) is 0 Å². The molecule has 10 heteroatoms. The zero-order valence-electron chi connectivity index (χ0n) is 14.6. The minimum atomic E-state index is -0.960. The van der Waals surface area contributed by atoms with Crippen molar-refractivity contribution in [2.24, 2.45) is 5.73 Å². The van der Waals surface area contributed by atoms with Crippen molar-refractivity contribution in [2.45, 2.75) is 19.3 Å². The van der Waals surface area contributed by atoms with E-state index in [9.17, 15) is 24.5 Å². The van der Waals surface area contributed by atoms with Gasteiger partial charge in [0.25, 0.3) is 11.6 Å². The molecule has 0 spiro atoms. The maximum Gasteiger partial charge on any atom is 0.319 e. The molecule has 0 aliphatic heterocycles. The van der Waals surface area contributed by atoms with Gasteiger partial charge in [0, 0.05) is 23.1 Å². The van der Waals surface area contributed by atoms with Gasteiger partial charge in [0.05, 0.1) is 10.5 Å². The average Bonchev–Trinajstić information content (AvgIpc) is 3.20. The van der Waals surface area contributed by atoms with Crippen molar-refractivity contribution in [1.82, 2.24) is 5.32 Å². The highest BCUT2D eigenvalue weighted by molar-refractivity contribution is 7.17. The highest BCUT2D eigenvalue weighted by Crippen LogP contribution is 2.39. The number of rotatable bonds is 5. The summed E-state index contributed by atoms with van der Waals surface area (Å²) in [6.45, 7) is 0. The molecule has 1 heterocycles. The van der Waals surface area contributed by atoms with E-state index in [1.807, 2.05) is 5.32 Å². The van der Waals surface area contributed by atoms with Crippen molar-refractivity contribution in [1.29, 1.82) is 0 Å². The second-order valence-electron chi connectivity index (χ2n) is 6.05. The van der Waals surface area contributed by atoms with Gasteiger partial charge in [-0.15, -0.1) is 11.3 Å². The first-order chi connectivity index (χ1) is 13.3. The fourth-order valence-electron chi connectivity index (χ4n) is 2.94. The first-order valence-electron chi connectivity index (χ1n) is 8.34. The van der Waals surface area contributed by atoms with Crippen LogP contribution >= 0.6 is 11.3 Å². The van der Waals surface area contributed by atoms with Crippen LogP contribution in [-0.2, 0) is 17.6 Å². The fraction of sp³-hybridized carbons (Fsp3) is 0.167. The zero-order chi connectivity index (χ0) is 20.3. The highest BCUT2D eigenvalue weighted by Gasteiger charge is 2.27. The molecule has 0 radical (unpaired) electrons. The van der Waals surface area contributed by atoms with Gasteiger partial charge in [0.2, 0.25) is 5.91 Å². The Bertz CT molecular complexity index is 994. The van der Waals surface area contributed by atoms with Gasteiger partial charge in [0.15, 0.2) is 0 Å². The standard InChI is InChI=1S/C18H16N4O5S/c19-18(25)21-16(24)15-12-2-1-3-13(12)28-17(15)20-14(23)9-6-10-4-7-11(8-5-10)22(26)27/h4-9H,1-3H2,(H,20,23)(H3,19,21,24,25)/b9-6-. The van der Waals surface area contributed by atoms with Crippen LogP contribution in [0.25, 0.3) is 6.08 Å². The van der Waals surface area contributed by atoms with Crippen LogP contribution in [0.1, 0.15) is 32.8 Å². The molecule has 0 saturated heterocycles. The maximum absolute atomic E-state index is 12.3. The topological polar surface area (TPSA) is 144 Å². The lowest BCUT2D eigenvalue weighted by Crippen LogP contribution is -2.35. The minimum absolute atomic E-state index is 0.0418. The number of nitrogens with two attached hydrogens (primary N) is 1. The molecule has 0 bridgehead atoms. The lowest BCUT2D eigenvalue weighted by Gasteiger charge is -2.06. The number of nitrogens with zero attached hydrogens (tertiary/aromatic N) is 1. The summed E-state index contributed by atoms with van der Waals surface area (Å²) in [6.07, 6.45) is 5.19. The summed E-state index contributed by atoms with van der Waals surface area (Å²) < 4.78 is 0. The molecule has 4 N–H and O–H groups in total. The third kappa shape index (κ3) is 4.23. The number of hydrogen-bond donors (Lipinski definition) is 3. The van der Waals surface area contributed by atoms with E-state index in [-0.39, 0.29) is 11.3 Å². The normalized spacial score (nSPS) is 12.6. The molecule has 0 unspecified atom stereocenters. The Balaban J connectivity index is 1.76. The van der Waals surface area contributed by atoms with Gasteiger partial charge in [0.1, 0.15) is 5.00 Å². The van der Waals surface area contributed by atoms with Crippen molar-refractivity contribution >= 4 is 45.9 Å². The van der Waals surface area contributed by atoms with Gasteiger partial charge in [-0.25, -0.2) is 4.79 Å². The smallest absolute Gasteiger partial charge is 0.319 e. The predicted molar refractivity (Wildman–Crippen MR) is 104 cm³/mol. The largest absolute Gasteiger partial charge is 0.351 e. The van der Waals surface area contributed by atoms with E-state index in [1.54, 1.807) is 0 Å². The fourth-order valence-corrected chi connectivity index (χ4v) is 4.23. The van der Waals surface area contributed by atoms with Crippen LogP contribution < -0.4 is 16.4 Å². The number of primary amides is 1. The van der Waals surface area contributed by atoms with E-state index in [0.29, 0.717) is 17.0 Å². The molecule has 3 rings (SSSR count). The molecule has 0 saturated carbocycles. The Morgan fingerprint density at radius 2 is 1.89 bits per heavy atom. The highest BCUT2D eigenvalue weighted by atomic mass is 32.1. The summed E-state index contributed by atoms with van der Waals surface area (Å²) in [7, 11) is 0. The number of imide groups is 1. The summed E-state index contributed by atoms with van der Waals surface area (Å²) in [5, 5.41) is 15.7. The van der Waals surface area contributed by atoms with Gasteiger partial charge in [-0.05, 0) is 48.6 Å². The van der Waals surface area contributed by atoms with Crippen LogP contribution in [0.2, 0.25) is 0 Å². The molecular formula is C18H16N4O5S. The summed E-state index contributed by atoms with van der Waals surface area (Å²) in [5.74, 6) is -1.10. The molecule has 1 aliphatic rings. The number of nitro benzene ring substituents is 1. The average molecular weight is 400 g/mol. The van der Waals surface area contributed by atoms with Crippen LogP contribution in [0.4, 0.5) is 15.5 Å². The number of thiophene rings is 1. The van der Waals surface area contributed by atoms with E-state index in [2.05, 4.69) is 5.32 Å². The number of carbonyl (C=O) groups excluding carboxylic acids is 3. The predicted octanol–water partition coefficient (Wildman–Crippen LogP) is 2.61. The molecule has 0 fully saturated rings. The first kappa shape index (κ1) is 19.2. The van der Waals surface area contributed by atoms with Gasteiger partial charge in [-0.3, -0.25) is 25.0 Å². The molecule has 0 atom stereocenters. The number of fused-ring (bicyclic) bond motifs is 1. The Kier molecular flexibility index (Phi) is 5.50. The Labute approximate surface area is 163 Å². The number of benzene rings is 1. The molecule has 4 amide bonds. The second-order valence-corrected chi connectivity index (χ2v) is 7.16. The summed E-state index contributed by atoms with van der Waals surface area (Å²) >= 11 is 1.31. The Hall–Kier alpha value is -3.53. The van der Waals surface area contributed by atoms with Crippen LogP contribution in [0.5, 0.6) is 0 Å². The van der Waals surface area contributed by atoms with Gasteiger partial charge < -0.3 is 11.1 Å². The molecule has 28 heavy (non-hydrogen) atoms. The molecule has 1 aromatic carbocycles. The van der Waals surface area contributed by atoms with E-state index in [0.717, 1.165) is 23.3 Å². The summed E-state index contributed by atoms with van der Waals surface area (Å²) in [6, 6.07) is 4.76. The quantitative estimate of drug-likeness (QED) is 0.401. The second kappa shape index (κ2) is 8.01. The van der Waals surface area contributed by atoms with Crippen LogP contribution in [0.15, 0.2) is 30.3 Å². The lowest BCUT2D eigenvalue weighted by molar-refractivity contribution is -0.384. The summed E-state index contributed by atoms with van der Waals surface area (Å²) in [4.78, 5) is 46.8. The number of aryl methyl sites for hydroxylation is 1. The van der Waals surface area contributed by atoms with Crippen LogP contribution in [0.3, 0.4) is 0 Å². The number of anilines is 1. The van der Waals surface area contributed by atoms with Crippen molar-refractivity contribution < 1.29 is 19.3 Å². The van der Waals surface area contributed by atoms with Crippen LogP contribution in [0, 0.1) is 10.1 Å². The molecule has 2 aromatic rings. The van der Waals surface area contributed by atoms with Gasteiger partial charge in [-0.2, -0.15) is 0 Å². The number of amides is 4. The van der Waals surface area contributed by atoms with E-state index < -0.39 is 22.8 Å². The van der Waals surface area contributed by atoms with E-state index in [4.69, 9.17) is 5.73 Å². The number of nitro groups is 1. The number of non-ortho nitro benzene ring substituents is 1. The molecule has 9 nitrogen and oxygen atoms in total. The van der Waals surface area contributed by atoms with E-state index in [1.165, 1.54) is 47.8 Å². The third-order valence-electron chi connectivity index (χ3n) is 4.15. The molecule has 144 valence electrons. The number of carbonyl (C=O) groups is 3. The molecule has 1 aliphatic carbocycles. The first-order valence-corrected chi connectivity index (χ1v) is 9.15. The lowest BCUT2D eigenvalue weighted by atomic mass is 10.1.